The molecule has 1 heterocycles. The number of nitrogens with zero attached hydrogens (tertiary/aromatic N) is 2. The Morgan fingerprint density at radius 3 is 2.38 bits per heavy atom. The summed E-state index contributed by atoms with van der Waals surface area (Å²) in [7, 11) is -1.59. The zero-order chi connectivity index (χ0) is 15.5. The fourth-order valence-electron chi connectivity index (χ4n) is 2.40. The van der Waals surface area contributed by atoms with E-state index in [9.17, 15) is 13.2 Å². The SMILES string of the molecule is COCc1ccccc1C(=O)N1CCN(S(C)(=O)=O)CC1. The van der Waals surface area contributed by atoms with E-state index in [0.717, 1.165) is 5.56 Å². The topological polar surface area (TPSA) is 66.9 Å². The van der Waals surface area contributed by atoms with Crippen molar-refractivity contribution in [2.75, 3.05) is 39.5 Å². The van der Waals surface area contributed by atoms with Crippen molar-refractivity contribution in [3.63, 3.8) is 0 Å². The first kappa shape index (κ1) is 15.9. The van der Waals surface area contributed by atoms with Gasteiger partial charge in [-0.05, 0) is 11.6 Å². The van der Waals surface area contributed by atoms with Crippen LogP contribution in [0.4, 0.5) is 0 Å². The number of piperazine rings is 1. The van der Waals surface area contributed by atoms with Crippen LogP contribution in [0.15, 0.2) is 24.3 Å². The Bertz CT molecular complexity index is 607. The van der Waals surface area contributed by atoms with E-state index in [2.05, 4.69) is 0 Å². The van der Waals surface area contributed by atoms with Gasteiger partial charge in [0.2, 0.25) is 10.0 Å². The number of hydrogen-bond donors (Lipinski definition) is 0. The first-order valence-corrected chi connectivity index (χ1v) is 8.59. The highest BCUT2D eigenvalue weighted by Gasteiger charge is 2.27. The molecule has 0 atom stereocenters. The molecule has 1 aliphatic heterocycles. The summed E-state index contributed by atoms with van der Waals surface area (Å²) in [4.78, 5) is 14.2. The van der Waals surface area contributed by atoms with Crippen LogP contribution in [0.2, 0.25) is 0 Å². The molecular weight excluding hydrogens is 292 g/mol. The van der Waals surface area contributed by atoms with Crippen LogP contribution in [0.5, 0.6) is 0 Å². The van der Waals surface area contributed by atoms with Gasteiger partial charge in [-0.1, -0.05) is 18.2 Å². The smallest absolute Gasteiger partial charge is 0.254 e. The Labute approximate surface area is 125 Å². The molecule has 1 saturated heterocycles. The Balaban J connectivity index is 2.09. The summed E-state index contributed by atoms with van der Waals surface area (Å²) in [6.45, 7) is 1.89. The highest BCUT2D eigenvalue weighted by molar-refractivity contribution is 7.88. The maximum Gasteiger partial charge on any atom is 0.254 e. The van der Waals surface area contributed by atoms with Gasteiger partial charge in [0.15, 0.2) is 0 Å². The van der Waals surface area contributed by atoms with E-state index in [0.29, 0.717) is 38.3 Å². The van der Waals surface area contributed by atoms with Crippen LogP contribution in [0.25, 0.3) is 0 Å². The van der Waals surface area contributed by atoms with Crippen LogP contribution < -0.4 is 0 Å². The lowest BCUT2D eigenvalue weighted by molar-refractivity contribution is 0.0693. The molecule has 0 bridgehead atoms. The minimum absolute atomic E-state index is 0.0733. The second-order valence-corrected chi connectivity index (χ2v) is 7.03. The van der Waals surface area contributed by atoms with Gasteiger partial charge in [0.25, 0.3) is 5.91 Å². The quantitative estimate of drug-likeness (QED) is 0.814. The van der Waals surface area contributed by atoms with Crippen LogP contribution in [-0.4, -0.2) is 63.1 Å². The summed E-state index contributed by atoms with van der Waals surface area (Å²) in [6, 6.07) is 7.33. The second-order valence-electron chi connectivity index (χ2n) is 5.04. The molecule has 1 aliphatic rings. The molecule has 0 radical (unpaired) electrons. The maximum absolute atomic E-state index is 12.6. The number of hydrogen-bond acceptors (Lipinski definition) is 4. The highest BCUT2D eigenvalue weighted by atomic mass is 32.2. The molecule has 0 aromatic heterocycles. The summed E-state index contributed by atoms with van der Waals surface area (Å²) in [5, 5.41) is 0. The van der Waals surface area contributed by atoms with E-state index < -0.39 is 10.0 Å². The molecule has 0 spiro atoms. The zero-order valence-electron chi connectivity index (χ0n) is 12.3. The number of carbonyl (C=O) groups excluding carboxylic acids is 1. The van der Waals surface area contributed by atoms with Gasteiger partial charge in [-0.25, -0.2) is 8.42 Å². The molecule has 7 heteroatoms. The largest absolute Gasteiger partial charge is 0.380 e. The lowest BCUT2D eigenvalue weighted by atomic mass is 10.1. The average Bonchev–Trinajstić information content (AvgIpc) is 2.47. The molecule has 1 aromatic rings. The third-order valence-corrected chi connectivity index (χ3v) is 4.85. The molecule has 1 amide bonds. The molecule has 1 fully saturated rings. The number of benzene rings is 1. The molecule has 0 saturated carbocycles. The summed E-state index contributed by atoms with van der Waals surface area (Å²) in [5.41, 5.74) is 1.46. The summed E-state index contributed by atoms with van der Waals surface area (Å²) in [6.07, 6.45) is 1.19. The van der Waals surface area contributed by atoms with E-state index in [-0.39, 0.29) is 5.91 Å². The number of amides is 1. The van der Waals surface area contributed by atoms with Gasteiger partial charge in [0, 0.05) is 38.9 Å². The molecule has 21 heavy (non-hydrogen) atoms. The predicted molar refractivity (Wildman–Crippen MR) is 79.5 cm³/mol. The fourth-order valence-corrected chi connectivity index (χ4v) is 3.23. The van der Waals surface area contributed by atoms with E-state index in [4.69, 9.17) is 4.74 Å². The van der Waals surface area contributed by atoms with Gasteiger partial charge in [-0.15, -0.1) is 0 Å². The van der Waals surface area contributed by atoms with Gasteiger partial charge >= 0.3 is 0 Å². The molecular formula is C14H20N2O4S. The summed E-state index contributed by atoms with van der Waals surface area (Å²) in [5.74, 6) is -0.0733. The van der Waals surface area contributed by atoms with Gasteiger partial charge in [0.1, 0.15) is 0 Å². The van der Waals surface area contributed by atoms with Crippen molar-refractivity contribution in [3.8, 4) is 0 Å². The zero-order valence-corrected chi connectivity index (χ0v) is 13.1. The molecule has 116 valence electrons. The minimum atomic E-state index is -3.18. The molecule has 6 nitrogen and oxygen atoms in total. The first-order valence-electron chi connectivity index (χ1n) is 6.74. The standard InChI is InChI=1S/C14H20N2O4S/c1-20-11-12-5-3-4-6-13(12)14(17)15-7-9-16(10-8-15)21(2,18)19/h3-6H,7-11H2,1-2H3. The minimum Gasteiger partial charge on any atom is -0.380 e. The number of methoxy groups -OCH3 is 1. The van der Waals surface area contributed by atoms with E-state index in [1.54, 1.807) is 18.1 Å². The Kier molecular flexibility index (Phi) is 4.97. The number of rotatable bonds is 4. The molecule has 0 aliphatic carbocycles. The third-order valence-electron chi connectivity index (χ3n) is 3.54. The molecule has 2 rings (SSSR count). The highest BCUT2D eigenvalue weighted by Crippen LogP contribution is 2.15. The molecule has 0 unspecified atom stereocenters. The van der Waals surface area contributed by atoms with Crippen molar-refractivity contribution < 1.29 is 17.9 Å². The number of sulfonamides is 1. The second kappa shape index (κ2) is 6.55. The number of carbonyl (C=O) groups is 1. The van der Waals surface area contributed by atoms with Crippen molar-refractivity contribution >= 4 is 15.9 Å². The van der Waals surface area contributed by atoms with E-state index >= 15 is 0 Å². The lowest BCUT2D eigenvalue weighted by Gasteiger charge is -2.33. The number of ether oxygens (including phenoxy) is 1. The Hall–Kier alpha value is -1.44. The van der Waals surface area contributed by atoms with Crippen molar-refractivity contribution in [2.45, 2.75) is 6.61 Å². The summed E-state index contributed by atoms with van der Waals surface area (Å²) >= 11 is 0. The van der Waals surface area contributed by atoms with Crippen LogP contribution in [0.3, 0.4) is 0 Å². The van der Waals surface area contributed by atoms with Gasteiger partial charge in [-0.2, -0.15) is 4.31 Å². The monoisotopic (exact) mass is 312 g/mol. The van der Waals surface area contributed by atoms with Gasteiger partial charge in [-0.3, -0.25) is 4.79 Å². The van der Waals surface area contributed by atoms with Crippen molar-refractivity contribution in [2.24, 2.45) is 0 Å². The van der Waals surface area contributed by atoms with E-state index in [1.807, 2.05) is 18.2 Å². The van der Waals surface area contributed by atoms with Gasteiger partial charge < -0.3 is 9.64 Å². The van der Waals surface area contributed by atoms with Crippen LogP contribution >= 0.6 is 0 Å². The van der Waals surface area contributed by atoms with Gasteiger partial charge in [0.05, 0.1) is 12.9 Å². The van der Waals surface area contributed by atoms with Crippen molar-refractivity contribution in [1.82, 2.24) is 9.21 Å². The molecule has 1 aromatic carbocycles. The lowest BCUT2D eigenvalue weighted by Crippen LogP contribution is -2.50. The predicted octanol–water partition coefficient (Wildman–Crippen LogP) is 0.550. The third kappa shape index (κ3) is 3.81. The van der Waals surface area contributed by atoms with Crippen LogP contribution in [0.1, 0.15) is 15.9 Å². The Morgan fingerprint density at radius 2 is 1.81 bits per heavy atom. The first-order chi connectivity index (χ1) is 9.93. The average molecular weight is 312 g/mol. The van der Waals surface area contributed by atoms with Crippen LogP contribution in [-0.2, 0) is 21.4 Å². The van der Waals surface area contributed by atoms with Crippen LogP contribution in [0, 0.1) is 0 Å². The van der Waals surface area contributed by atoms with Crippen molar-refractivity contribution in [3.05, 3.63) is 35.4 Å². The fraction of sp³-hybridized carbons (Fsp3) is 0.500. The normalized spacial score (nSPS) is 17.0. The summed E-state index contributed by atoms with van der Waals surface area (Å²) < 4.78 is 29.5. The maximum atomic E-state index is 12.6. The van der Waals surface area contributed by atoms with E-state index in [1.165, 1.54) is 10.6 Å². The molecule has 0 N–H and O–H groups in total. The van der Waals surface area contributed by atoms with Crippen molar-refractivity contribution in [1.29, 1.82) is 0 Å². The Morgan fingerprint density at radius 1 is 1.19 bits per heavy atom.